The molecule has 3 amide bonds. The Labute approximate surface area is 337 Å². The number of nitrogens with one attached hydrogen (secondary N) is 3. The molecule has 3 fully saturated rings. The zero-order valence-corrected chi connectivity index (χ0v) is 35.1. The van der Waals surface area contributed by atoms with Crippen molar-refractivity contribution in [2.24, 2.45) is 22.5 Å². The van der Waals surface area contributed by atoms with E-state index in [1.807, 2.05) is 40.7 Å². The quantitative estimate of drug-likeness (QED) is 0.0593. The molecule has 3 saturated carbocycles. The van der Waals surface area contributed by atoms with Crippen LogP contribution in [-0.2, 0) is 24.0 Å². The number of hydrogen-bond donors (Lipinski definition) is 5. The molecule has 0 aromatic heterocycles. The van der Waals surface area contributed by atoms with Crippen molar-refractivity contribution in [3.8, 4) is 0 Å². The first-order valence-electron chi connectivity index (χ1n) is 20.0. The van der Waals surface area contributed by atoms with Crippen molar-refractivity contribution < 1.29 is 29.1 Å². The summed E-state index contributed by atoms with van der Waals surface area (Å²) in [6.07, 6.45) is 16.3. The predicted molar refractivity (Wildman–Crippen MR) is 232 cm³/mol. The molecule has 6 N–H and O–H groups in total. The summed E-state index contributed by atoms with van der Waals surface area (Å²) in [4.78, 5) is 60.9. The summed E-state index contributed by atoms with van der Waals surface area (Å²) in [6.45, 7) is 28.6. The number of Topliss-reactive ketones (excluding diaryl/α,β-unsaturated/α-hetero) is 2. The summed E-state index contributed by atoms with van der Waals surface area (Å²) in [5, 5.41) is 19.2. The van der Waals surface area contributed by atoms with Gasteiger partial charge in [0.2, 0.25) is 17.7 Å². The number of carbonyl (C=O) groups is 5. The highest BCUT2D eigenvalue weighted by Crippen LogP contribution is 2.58. The SMILES string of the molecule is C.C.C=C/C(=C\C=C(/C=C)NC(=O)[C@H](CC1(C)CC1(C)O)NC(=O)C1(C(=O)NCCCCCC)CCC1)CC.CC.CC1CC(=O)CC1=O.CCC.CCN. The van der Waals surface area contributed by atoms with Crippen molar-refractivity contribution >= 4 is 29.3 Å². The molecule has 0 bridgehead atoms. The van der Waals surface area contributed by atoms with Crippen molar-refractivity contribution in [3.05, 3.63) is 48.7 Å². The first kappa shape index (κ1) is 58.3. The minimum absolute atomic E-state index is 0. The van der Waals surface area contributed by atoms with E-state index >= 15 is 0 Å². The molecule has 3 unspecified atom stereocenters. The average molecular weight is 777 g/mol. The van der Waals surface area contributed by atoms with Gasteiger partial charge in [0.05, 0.1) is 12.0 Å². The lowest BCUT2D eigenvalue weighted by Crippen LogP contribution is -2.59. The van der Waals surface area contributed by atoms with Crippen LogP contribution in [-0.4, -0.2) is 59.1 Å². The molecule has 320 valence electrons. The standard InChI is InChI=1S/C30H47N3O4.C6H8O2.C3H8.C2H7N.C2H6.2CH4/c1-7-11-12-13-19-31-26(35)30(17-14-18-30)27(36)33-24(20-28(5)21-29(28,6)37)25(34)32-23(10-4)16-15-22(8-2)9-3;1-4-2-5(7)3-6(4)8;1-3-2;1-2-3;1-2;;/h8,10,15-16,24,37H,2,4,7,9,11-14,17-21H2,1,3,5-6H3,(H,31,35)(H,32,34)(H,33,36);4H,2-3H2,1H3;3H2,1-2H3;2-3H2,1H3;1-2H3;2*1H4/b22-15+,23-16+;;;;;;/t24-,28?,29?;;;;;;/m0....../s1. The number of allylic oxidation sites excluding steroid dienone is 5. The van der Waals surface area contributed by atoms with Crippen molar-refractivity contribution in [2.45, 2.75) is 179 Å². The number of ketones is 2. The van der Waals surface area contributed by atoms with E-state index in [2.05, 4.69) is 49.9 Å². The Morgan fingerprint density at radius 3 is 1.84 bits per heavy atom. The van der Waals surface area contributed by atoms with Gasteiger partial charge >= 0.3 is 0 Å². The summed E-state index contributed by atoms with van der Waals surface area (Å²) >= 11 is 0. The van der Waals surface area contributed by atoms with E-state index in [1.54, 1.807) is 26.0 Å². The molecule has 0 heterocycles. The lowest BCUT2D eigenvalue weighted by Gasteiger charge is -2.39. The molecule has 0 aromatic rings. The minimum Gasteiger partial charge on any atom is -0.390 e. The molecule has 0 radical (unpaired) electrons. The third-order valence-electron chi connectivity index (χ3n) is 9.67. The zero-order valence-electron chi connectivity index (χ0n) is 35.1. The first-order chi connectivity index (χ1) is 25.0. The molecule has 0 aliphatic heterocycles. The summed E-state index contributed by atoms with van der Waals surface area (Å²) in [5.74, 6) is -0.870. The van der Waals surface area contributed by atoms with Crippen molar-refractivity contribution in [1.29, 1.82) is 0 Å². The number of amides is 3. The molecule has 3 aliphatic carbocycles. The zero-order chi connectivity index (χ0) is 41.3. The summed E-state index contributed by atoms with van der Waals surface area (Å²) in [6, 6.07) is -0.904. The van der Waals surface area contributed by atoms with Crippen LogP contribution in [0.3, 0.4) is 0 Å². The van der Waals surface area contributed by atoms with Crippen molar-refractivity contribution in [1.82, 2.24) is 16.0 Å². The van der Waals surface area contributed by atoms with Crippen LogP contribution < -0.4 is 21.7 Å². The molecule has 10 nitrogen and oxygen atoms in total. The lowest BCUT2D eigenvalue weighted by molar-refractivity contribution is -0.151. The molecule has 10 heteroatoms. The number of unbranched alkanes of at least 4 members (excludes halogenated alkanes) is 3. The third kappa shape index (κ3) is 20.4. The van der Waals surface area contributed by atoms with Gasteiger partial charge in [-0.2, -0.15) is 0 Å². The highest BCUT2D eigenvalue weighted by atomic mass is 16.3. The first-order valence-corrected chi connectivity index (χ1v) is 20.0. The van der Waals surface area contributed by atoms with Crippen LogP contribution in [0.2, 0.25) is 0 Å². The molecule has 3 aliphatic rings. The molecule has 0 saturated heterocycles. The lowest BCUT2D eigenvalue weighted by atomic mass is 9.67. The highest BCUT2D eigenvalue weighted by molar-refractivity contribution is 6.07. The second-order valence-electron chi connectivity index (χ2n) is 14.5. The smallest absolute Gasteiger partial charge is 0.246 e. The van der Waals surface area contributed by atoms with E-state index in [0.29, 0.717) is 37.9 Å². The van der Waals surface area contributed by atoms with Crippen LogP contribution in [0, 0.1) is 16.7 Å². The number of hydrogen-bond acceptors (Lipinski definition) is 7. The molecule has 55 heavy (non-hydrogen) atoms. The van der Waals surface area contributed by atoms with Gasteiger partial charge in [-0.1, -0.05) is 135 Å². The monoisotopic (exact) mass is 777 g/mol. The van der Waals surface area contributed by atoms with E-state index in [1.165, 1.54) is 12.5 Å². The van der Waals surface area contributed by atoms with Crippen molar-refractivity contribution in [3.63, 3.8) is 0 Å². The summed E-state index contributed by atoms with van der Waals surface area (Å²) in [5.41, 5.74) is 3.80. The summed E-state index contributed by atoms with van der Waals surface area (Å²) < 4.78 is 0. The second kappa shape index (κ2) is 30.8. The number of nitrogens with two attached hydrogens (primary N) is 1. The van der Waals surface area contributed by atoms with Gasteiger partial charge in [-0.15, -0.1) is 0 Å². The maximum absolute atomic E-state index is 13.5. The number of carbonyl (C=O) groups excluding carboxylic acids is 5. The van der Waals surface area contributed by atoms with Gasteiger partial charge < -0.3 is 26.8 Å². The predicted octanol–water partition coefficient (Wildman–Crippen LogP) is 8.83. The van der Waals surface area contributed by atoms with Crippen LogP contribution in [0.15, 0.2) is 48.7 Å². The van der Waals surface area contributed by atoms with E-state index in [0.717, 1.165) is 50.6 Å². The Bertz CT molecular complexity index is 1230. The van der Waals surface area contributed by atoms with Gasteiger partial charge in [0, 0.05) is 30.0 Å². The van der Waals surface area contributed by atoms with Gasteiger partial charge in [-0.3, -0.25) is 24.0 Å². The molecule has 0 spiro atoms. The Kier molecular flexibility index (Phi) is 32.7. The Balaban J connectivity index is -0.000000606. The maximum Gasteiger partial charge on any atom is 0.246 e. The van der Waals surface area contributed by atoms with Crippen LogP contribution in [0.25, 0.3) is 0 Å². The van der Waals surface area contributed by atoms with Gasteiger partial charge in [0.15, 0.2) is 0 Å². The fourth-order valence-electron chi connectivity index (χ4n) is 5.79. The number of rotatable bonds is 16. The molecular weight excluding hydrogens is 693 g/mol. The average Bonchev–Trinajstić information content (AvgIpc) is 3.44. The fraction of sp³-hybridized carbons (Fsp3) is 0.711. The van der Waals surface area contributed by atoms with Crippen LogP contribution in [0.1, 0.15) is 168 Å². The molecular formula is C45H84N4O6. The van der Waals surface area contributed by atoms with Gasteiger partial charge in [0.1, 0.15) is 23.0 Å². The molecule has 0 aromatic carbocycles. The second-order valence-corrected chi connectivity index (χ2v) is 14.5. The minimum atomic E-state index is -1.14. The topological polar surface area (TPSA) is 168 Å². The number of aliphatic hydroxyl groups is 1. The Hall–Kier alpha value is -3.37. The molecule has 4 atom stereocenters. The highest BCUT2D eigenvalue weighted by Gasteiger charge is 2.61. The van der Waals surface area contributed by atoms with E-state index in [4.69, 9.17) is 5.73 Å². The van der Waals surface area contributed by atoms with Gasteiger partial charge in [0.25, 0.3) is 0 Å². The normalized spacial score (nSPS) is 22.1. The van der Waals surface area contributed by atoms with E-state index in [9.17, 15) is 29.1 Å². The van der Waals surface area contributed by atoms with E-state index < -0.39 is 34.3 Å². The van der Waals surface area contributed by atoms with Crippen molar-refractivity contribution in [2.75, 3.05) is 13.1 Å². The van der Waals surface area contributed by atoms with Crippen LogP contribution in [0.5, 0.6) is 0 Å². The Morgan fingerprint density at radius 2 is 1.49 bits per heavy atom. The van der Waals surface area contributed by atoms with Gasteiger partial charge in [-0.05, 0) is 69.7 Å². The van der Waals surface area contributed by atoms with Crippen LogP contribution in [0.4, 0.5) is 0 Å². The fourth-order valence-corrected chi connectivity index (χ4v) is 5.79. The molecule has 3 rings (SSSR count). The summed E-state index contributed by atoms with van der Waals surface area (Å²) in [7, 11) is 0. The largest absolute Gasteiger partial charge is 0.390 e. The maximum atomic E-state index is 13.5. The third-order valence-corrected chi connectivity index (χ3v) is 9.67. The van der Waals surface area contributed by atoms with E-state index in [-0.39, 0.29) is 51.1 Å². The Morgan fingerprint density at radius 1 is 0.945 bits per heavy atom. The van der Waals surface area contributed by atoms with Gasteiger partial charge in [-0.25, -0.2) is 0 Å². The van der Waals surface area contributed by atoms with Crippen LogP contribution >= 0.6 is 0 Å².